The van der Waals surface area contributed by atoms with Gasteiger partial charge in [0.25, 0.3) is 5.56 Å². The summed E-state index contributed by atoms with van der Waals surface area (Å²) in [5, 5.41) is 6.34. The zero-order valence-corrected chi connectivity index (χ0v) is 8.42. The normalized spacial score (nSPS) is 16.2. The van der Waals surface area contributed by atoms with Gasteiger partial charge in [0, 0.05) is 18.7 Å². The average molecular weight is 193 g/mol. The summed E-state index contributed by atoms with van der Waals surface area (Å²) < 4.78 is 0. The van der Waals surface area contributed by atoms with Crippen LogP contribution in [0.5, 0.6) is 0 Å². The Kier molecular flexibility index (Phi) is 2.52. The van der Waals surface area contributed by atoms with Crippen LogP contribution in [0.3, 0.4) is 0 Å². The minimum absolute atomic E-state index is 0.0445. The maximum atomic E-state index is 11.5. The summed E-state index contributed by atoms with van der Waals surface area (Å²) in [5.74, 6) is 0. The van der Waals surface area contributed by atoms with Crippen molar-refractivity contribution in [2.45, 2.75) is 26.2 Å². The lowest BCUT2D eigenvalue weighted by molar-refractivity contribution is 0.883. The van der Waals surface area contributed by atoms with Crippen LogP contribution in [0.4, 0.5) is 5.69 Å². The molecule has 1 aliphatic rings. The van der Waals surface area contributed by atoms with E-state index in [-0.39, 0.29) is 5.56 Å². The highest BCUT2D eigenvalue weighted by Crippen LogP contribution is 2.21. The third kappa shape index (κ3) is 1.52. The van der Waals surface area contributed by atoms with Crippen LogP contribution in [0.1, 0.15) is 25.3 Å². The van der Waals surface area contributed by atoms with Crippen molar-refractivity contribution in [3.05, 3.63) is 22.1 Å². The van der Waals surface area contributed by atoms with Crippen LogP contribution in [0.2, 0.25) is 0 Å². The van der Waals surface area contributed by atoms with Gasteiger partial charge in [0.2, 0.25) is 0 Å². The summed E-state index contributed by atoms with van der Waals surface area (Å²) >= 11 is 0. The van der Waals surface area contributed by atoms with E-state index >= 15 is 0 Å². The molecule has 0 bridgehead atoms. The first-order chi connectivity index (χ1) is 6.83. The van der Waals surface area contributed by atoms with E-state index < -0.39 is 0 Å². The van der Waals surface area contributed by atoms with Gasteiger partial charge in [0.05, 0.1) is 11.9 Å². The van der Waals surface area contributed by atoms with Crippen molar-refractivity contribution in [1.82, 2.24) is 10.2 Å². The molecule has 1 fully saturated rings. The van der Waals surface area contributed by atoms with Crippen molar-refractivity contribution in [3.8, 4) is 0 Å². The van der Waals surface area contributed by atoms with E-state index in [1.54, 1.807) is 6.20 Å². The van der Waals surface area contributed by atoms with Gasteiger partial charge in [-0.3, -0.25) is 4.79 Å². The van der Waals surface area contributed by atoms with Crippen molar-refractivity contribution in [2.75, 3.05) is 18.0 Å². The lowest BCUT2D eigenvalue weighted by Gasteiger charge is -2.19. The lowest BCUT2D eigenvalue weighted by Crippen LogP contribution is -2.24. The van der Waals surface area contributed by atoms with Gasteiger partial charge in [-0.05, 0) is 19.3 Å². The van der Waals surface area contributed by atoms with Gasteiger partial charge < -0.3 is 4.90 Å². The van der Waals surface area contributed by atoms with Crippen LogP contribution in [0.15, 0.2) is 11.0 Å². The molecule has 0 saturated carbocycles. The van der Waals surface area contributed by atoms with Crippen LogP contribution in [0, 0.1) is 0 Å². The zero-order valence-electron chi connectivity index (χ0n) is 8.42. The minimum Gasteiger partial charge on any atom is -0.370 e. The second kappa shape index (κ2) is 3.82. The quantitative estimate of drug-likeness (QED) is 0.760. The van der Waals surface area contributed by atoms with Gasteiger partial charge in [0.1, 0.15) is 0 Å². The van der Waals surface area contributed by atoms with Crippen molar-refractivity contribution in [1.29, 1.82) is 0 Å². The van der Waals surface area contributed by atoms with E-state index in [0.29, 0.717) is 0 Å². The highest BCUT2D eigenvalue weighted by atomic mass is 16.1. The van der Waals surface area contributed by atoms with Crippen molar-refractivity contribution < 1.29 is 0 Å². The predicted octanol–water partition coefficient (Wildman–Crippen LogP) is 0.932. The third-order valence-corrected chi connectivity index (χ3v) is 2.74. The summed E-state index contributed by atoms with van der Waals surface area (Å²) in [5.41, 5.74) is 1.84. The molecule has 1 aliphatic heterocycles. The summed E-state index contributed by atoms with van der Waals surface area (Å²) in [6.45, 7) is 4.11. The standard InChI is InChI=1S/C10H15N3O/c1-2-8-9(7-11-12-10(8)14)13-5-3-4-6-13/h7H,2-6H2,1H3,(H,12,14). The summed E-state index contributed by atoms with van der Waals surface area (Å²) in [6.07, 6.45) is 4.97. The van der Waals surface area contributed by atoms with E-state index in [4.69, 9.17) is 0 Å². The number of rotatable bonds is 2. The molecule has 0 spiro atoms. The molecule has 0 amide bonds. The molecule has 0 aliphatic carbocycles. The van der Waals surface area contributed by atoms with Gasteiger partial charge in [-0.2, -0.15) is 5.10 Å². The molecule has 1 N–H and O–H groups in total. The molecule has 0 unspecified atom stereocenters. The number of aromatic amines is 1. The first kappa shape index (κ1) is 9.24. The first-order valence-electron chi connectivity index (χ1n) is 5.14. The SMILES string of the molecule is CCc1c(N2CCCC2)cn[nH]c1=O. The Balaban J connectivity index is 2.40. The molecule has 2 heterocycles. The molecule has 1 aromatic rings. The molecule has 14 heavy (non-hydrogen) atoms. The van der Waals surface area contributed by atoms with Gasteiger partial charge in [-0.25, -0.2) is 5.10 Å². The Morgan fingerprint density at radius 1 is 1.50 bits per heavy atom. The molecule has 4 nitrogen and oxygen atoms in total. The first-order valence-corrected chi connectivity index (χ1v) is 5.14. The second-order valence-corrected chi connectivity index (χ2v) is 3.61. The van der Waals surface area contributed by atoms with E-state index in [1.165, 1.54) is 12.8 Å². The van der Waals surface area contributed by atoms with E-state index in [1.807, 2.05) is 6.92 Å². The van der Waals surface area contributed by atoms with Gasteiger partial charge in [0.15, 0.2) is 0 Å². The number of nitrogens with zero attached hydrogens (tertiary/aromatic N) is 2. The van der Waals surface area contributed by atoms with E-state index in [0.717, 1.165) is 30.8 Å². The number of aromatic nitrogens is 2. The average Bonchev–Trinajstić information content (AvgIpc) is 2.70. The fourth-order valence-corrected chi connectivity index (χ4v) is 1.99. The van der Waals surface area contributed by atoms with Crippen molar-refractivity contribution in [2.24, 2.45) is 0 Å². The number of anilines is 1. The van der Waals surface area contributed by atoms with Gasteiger partial charge >= 0.3 is 0 Å². The maximum Gasteiger partial charge on any atom is 0.269 e. The second-order valence-electron chi connectivity index (χ2n) is 3.61. The van der Waals surface area contributed by atoms with Crippen LogP contribution in [-0.4, -0.2) is 23.3 Å². The number of nitrogens with one attached hydrogen (secondary N) is 1. The van der Waals surface area contributed by atoms with Gasteiger partial charge in [-0.1, -0.05) is 6.92 Å². The molecule has 0 radical (unpaired) electrons. The Bertz CT molecular complexity index is 366. The fourth-order valence-electron chi connectivity index (χ4n) is 1.99. The predicted molar refractivity (Wildman–Crippen MR) is 55.7 cm³/mol. The van der Waals surface area contributed by atoms with E-state index in [9.17, 15) is 4.79 Å². The molecule has 1 aromatic heterocycles. The molecule has 0 aromatic carbocycles. The molecular weight excluding hydrogens is 178 g/mol. The lowest BCUT2D eigenvalue weighted by atomic mass is 10.2. The Labute approximate surface area is 82.9 Å². The number of H-pyrrole nitrogens is 1. The van der Waals surface area contributed by atoms with Crippen LogP contribution >= 0.6 is 0 Å². The molecule has 4 heteroatoms. The van der Waals surface area contributed by atoms with Crippen LogP contribution < -0.4 is 10.5 Å². The van der Waals surface area contributed by atoms with Crippen molar-refractivity contribution >= 4 is 5.69 Å². The Hall–Kier alpha value is -1.32. The third-order valence-electron chi connectivity index (χ3n) is 2.74. The number of hydrogen-bond acceptors (Lipinski definition) is 3. The molecule has 1 saturated heterocycles. The topological polar surface area (TPSA) is 49.0 Å². The summed E-state index contributed by atoms with van der Waals surface area (Å²) in [7, 11) is 0. The maximum absolute atomic E-state index is 11.5. The van der Waals surface area contributed by atoms with Crippen LogP contribution in [0.25, 0.3) is 0 Å². The van der Waals surface area contributed by atoms with Gasteiger partial charge in [-0.15, -0.1) is 0 Å². The highest BCUT2D eigenvalue weighted by molar-refractivity contribution is 5.51. The van der Waals surface area contributed by atoms with Crippen molar-refractivity contribution in [3.63, 3.8) is 0 Å². The molecule has 2 rings (SSSR count). The summed E-state index contributed by atoms with van der Waals surface area (Å²) in [6, 6.07) is 0. The Morgan fingerprint density at radius 3 is 2.86 bits per heavy atom. The zero-order chi connectivity index (χ0) is 9.97. The Morgan fingerprint density at radius 2 is 2.21 bits per heavy atom. The smallest absolute Gasteiger partial charge is 0.269 e. The van der Waals surface area contributed by atoms with Crippen LogP contribution in [-0.2, 0) is 6.42 Å². The summed E-state index contributed by atoms with van der Waals surface area (Å²) in [4.78, 5) is 13.7. The molecule has 76 valence electrons. The highest BCUT2D eigenvalue weighted by Gasteiger charge is 2.16. The largest absolute Gasteiger partial charge is 0.370 e. The minimum atomic E-state index is -0.0445. The molecule has 0 atom stereocenters. The monoisotopic (exact) mass is 193 g/mol. The fraction of sp³-hybridized carbons (Fsp3) is 0.600. The number of hydrogen-bond donors (Lipinski definition) is 1. The van der Waals surface area contributed by atoms with E-state index in [2.05, 4.69) is 15.1 Å². The molecular formula is C10H15N3O.